The molecule has 3 rings (SSSR count). The molecule has 0 amide bonds. The molecule has 0 aliphatic heterocycles. The average molecular weight is 351 g/mol. The van der Waals surface area contributed by atoms with Crippen LogP contribution in [0.4, 0.5) is 0 Å². The van der Waals surface area contributed by atoms with Gasteiger partial charge in [0.05, 0.1) is 11.1 Å². The molecular formula is C21H21NO4. The van der Waals surface area contributed by atoms with Gasteiger partial charge in [-0.2, -0.15) is 0 Å². The molecule has 2 N–H and O–H groups in total. The maximum absolute atomic E-state index is 11.9. The van der Waals surface area contributed by atoms with Crippen molar-refractivity contribution in [1.82, 2.24) is 4.57 Å². The summed E-state index contributed by atoms with van der Waals surface area (Å²) in [5.74, 6) is -2.47. The fourth-order valence-corrected chi connectivity index (χ4v) is 3.54. The highest BCUT2D eigenvalue weighted by atomic mass is 16.4. The maximum Gasteiger partial charge on any atom is 0.337 e. The Balaban J connectivity index is 2.37. The van der Waals surface area contributed by atoms with Gasteiger partial charge in [0.25, 0.3) is 0 Å². The molecule has 0 radical (unpaired) electrons. The summed E-state index contributed by atoms with van der Waals surface area (Å²) in [6.07, 6.45) is 2.07. The highest BCUT2D eigenvalue weighted by Crippen LogP contribution is 2.37. The van der Waals surface area contributed by atoms with Gasteiger partial charge >= 0.3 is 11.9 Å². The van der Waals surface area contributed by atoms with E-state index in [4.69, 9.17) is 0 Å². The van der Waals surface area contributed by atoms with Crippen molar-refractivity contribution in [2.75, 3.05) is 0 Å². The third-order valence-electron chi connectivity index (χ3n) is 4.74. The quantitative estimate of drug-likeness (QED) is 0.668. The Labute approximate surface area is 151 Å². The van der Waals surface area contributed by atoms with Gasteiger partial charge in [-0.1, -0.05) is 43.7 Å². The SMILES string of the molecule is CCCCn1c(C)c(-c2cccc(C(=O)O)c2C(=O)O)c2ccccc21. The predicted octanol–water partition coefficient (Wildman–Crippen LogP) is 4.81. The van der Waals surface area contributed by atoms with Gasteiger partial charge < -0.3 is 14.8 Å². The minimum Gasteiger partial charge on any atom is -0.478 e. The van der Waals surface area contributed by atoms with Crippen LogP contribution in [0.3, 0.4) is 0 Å². The van der Waals surface area contributed by atoms with E-state index in [-0.39, 0.29) is 11.1 Å². The largest absolute Gasteiger partial charge is 0.478 e. The van der Waals surface area contributed by atoms with E-state index in [9.17, 15) is 19.8 Å². The molecule has 0 aliphatic carbocycles. The molecule has 0 aliphatic rings. The van der Waals surface area contributed by atoms with Gasteiger partial charge in [-0.25, -0.2) is 9.59 Å². The lowest BCUT2D eigenvalue weighted by atomic mass is 9.93. The van der Waals surface area contributed by atoms with Crippen LogP contribution >= 0.6 is 0 Å². The second kappa shape index (κ2) is 7.04. The number of rotatable bonds is 6. The molecule has 134 valence electrons. The van der Waals surface area contributed by atoms with Crippen molar-refractivity contribution in [1.29, 1.82) is 0 Å². The molecule has 1 heterocycles. The van der Waals surface area contributed by atoms with Crippen molar-refractivity contribution in [3.63, 3.8) is 0 Å². The van der Waals surface area contributed by atoms with E-state index in [0.717, 1.165) is 41.5 Å². The number of aromatic nitrogens is 1. The highest BCUT2D eigenvalue weighted by Gasteiger charge is 2.24. The number of nitrogens with zero attached hydrogens (tertiary/aromatic N) is 1. The first kappa shape index (κ1) is 17.7. The van der Waals surface area contributed by atoms with E-state index in [1.165, 1.54) is 6.07 Å². The molecule has 1 aromatic heterocycles. The number of carboxylic acid groups (broad SMARTS) is 2. The van der Waals surface area contributed by atoms with E-state index in [2.05, 4.69) is 11.5 Å². The second-order valence-electron chi connectivity index (χ2n) is 6.32. The summed E-state index contributed by atoms with van der Waals surface area (Å²) in [4.78, 5) is 23.4. The first-order valence-corrected chi connectivity index (χ1v) is 8.65. The predicted molar refractivity (Wildman–Crippen MR) is 101 cm³/mol. The average Bonchev–Trinajstić information content (AvgIpc) is 2.90. The lowest BCUT2D eigenvalue weighted by Crippen LogP contribution is -2.10. The van der Waals surface area contributed by atoms with Crippen LogP contribution in [0.5, 0.6) is 0 Å². The van der Waals surface area contributed by atoms with Crippen molar-refractivity contribution < 1.29 is 19.8 Å². The number of carbonyl (C=O) groups is 2. The Morgan fingerprint density at radius 2 is 1.73 bits per heavy atom. The van der Waals surface area contributed by atoms with Gasteiger partial charge in [0, 0.05) is 28.7 Å². The Kier molecular flexibility index (Phi) is 4.80. The molecule has 0 saturated heterocycles. The molecular weight excluding hydrogens is 330 g/mol. The summed E-state index contributed by atoms with van der Waals surface area (Å²) in [7, 11) is 0. The summed E-state index contributed by atoms with van der Waals surface area (Å²) in [6, 6.07) is 12.5. The third-order valence-corrected chi connectivity index (χ3v) is 4.74. The van der Waals surface area contributed by atoms with Crippen LogP contribution in [0, 0.1) is 6.92 Å². The fraction of sp³-hybridized carbons (Fsp3) is 0.238. The maximum atomic E-state index is 11.9. The summed E-state index contributed by atoms with van der Waals surface area (Å²) < 4.78 is 2.19. The summed E-state index contributed by atoms with van der Waals surface area (Å²) in [5, 5.41) is 20.1. The van der Waals surface area contributed by atoms with E-state index in [1.54, 1.807) is 12.1 Å². The number of hydrogen-bond donors (Lipinski definition) is 2. The number of hydrogen-bond acceptors (Lipinski definition) is 2. The zero-order chi connectivity index (χ0) is 18.8. The van der Waals surface area contributed by atoms with Gasteiger partial charge in [-0.3, -0.25) is 0 Å². The zero-order valence-corrected chi connectivity index (χ0v) is 14.8. The Morgan fingerprint density at radius 3 is 2.38 bits per heavy atom. The fourth-order valence-electron chi connectivity index (χ4n) is 3.54. The highest BCUT2D eigenvalue weighted by molar-refractivity contribution is 6.10. The summed E-state index contributed by atoms with van der Waals surface area (Å²) in [6.45, 7) is 4.93. The van der Waals surface area contributed by atoms with Crippen molar-refractivity contribution in [2.45, 2.75) is 33.2 Å². The summed E-state index contributed by atoms with van der Waals surface area (Å²) in [5.41, 5.74) is 2.86. The number of unbranched alkanes of at least 4 members (excludes halogenated alkanes) is 1. The van der Waals surface area contributed by atoms with Gasteiger partial charge in [-0.05, 0) is 31.0 Å². The Bertz CT molecular complexity index is 1000. The Hall–Kier alpha value is -3.08. The van der Waals surface area contributed by atoms with E-state index in [0.29, 0.717) is 5.56 Å². The smallest absolute Gasteiger partial charge is 0.337 e. The monoisotopic (exact) mass is 351 g/mol. The molecule has 5 heteroatoms. The van der Waals surface area contributed by atoms with Crippen LogP contribution in [0.2, 0.25) is 0 Å². The first-order chi connectivity index (χ1) is 12.5. The van der Waals surface area contributed by atoms with Gasteiger partial charge in [0.15, 0.2) is 0 Å². The number of aryl methyl sites for hydroxylation is 1. The molecule has 0 bridgehead atoms. The van der Waals surface area contributed by atoms with Gasteiger partial charge in [0.1, 0.15) is 0 Å². The number of carboxylic acids is 2. The summed E-state index contributed by atoms with van der Waals surface area (Å²) >= 11 is 0. The molecule has 0 spiro atoms. The Morgan fingerprint density at radius 1 is 1.00 bits per heavy atom. The van der Waals surface area contributed by atoms with Crippen LogP contribution in [0.15, 0.2) is 42.5 Å². The van der Waals surface area contributed by atoms with Gasteiger partial charge in [0.2, 0.25) is 0 Å². The van der Waals surface area contributed by atoms with Crippen LogP contribution in [-0.2, 0) is 6.54 Å². The molecule has 0 unspecified atom stereocenters. The zero-order valence-electron chi connectivity index (χ0n) is 14.8. The van der Waals surface area contributed by atoms with Crippen molar-refractivity contribution in [3.8, 4) is 11.1 Å². The number of para-hydroxylation sites is 1. The minimum absolute atomic E-state index is 0.165. The van der Waals surface area contributed by atoms with Crippen molar-refractivity contribution in [2.24, 2.45) is 0 Å². The number of aromatic carboxylic acids is 2. The molecule has 2 aromatic carbocycles. The first-order valence-electron chi connectivity index (χ1n) is 8.65. The third kappa shape index (κ3) is 2.86. The lowest BCUT2D eigenvalue weighted by Gasteiger charge is -2.11. The molecule has 5 nitrogen and oxygen atoms in total. The van der Waals surface area contributed by atoms with Crippen molar-refractivity contribution >= 4 is 22.8 Å². The second-order valence-corrected chi connectivity index (χ2v) is 6.32. The lowest BCUT2D eigenvalue weighted by molar-refractivity contribution is 0.0652. The topological polar surface area (TPSA) is 79.5 Å². The number of fused-ring (bicyclic) bond motifs is 1. The molecule has 0 fully saturated rings. The normalized spacial score (nSPS) is 11.0. The van der Waals surface area contributed by atoms with Gasteiger partial charge in [-0.15, -0.1) is 0 Å². The number of benzene rings is 2. The molecule has 3 aromatic rings. The van der Waals surface area contributed by atoms with Crippen LogP contribution in [-0.4, -0.2) is 26.7 Å². The van der Waals surface area contributed by atoms with E-state index < -0.39 is 11.9 Å². The van der Waals surface area contributed by atoms with E-state index >= 15 is 0 Å². The standard InChI is InChI=1S/C21H21NO4/c1-3-4-12-22-13(2)18(14-8-5-6-11-17(14)22)15-9-7-10-16(20(23)24)19(15)21(25)26/h5-11H,3-4,12H2,1-2H3,(H,23,24)(H,25,26). The molecule has 0 saturated carbocycles. The van der Waals surface area contributed by atoms with E-state index in [1.807, 2.05) is 31.2 Å². The van der Waals surface area contributed by atoms with Crippen LogP contribution < -0.4 is 0 Å². The van der Waals surface area contributed by atoms with Crippen LogP contribution in [0.25, 0.3) is 22.0 Å². The minimum atomic E-state index is -1.24. The van der Waals surface area contributed by atoms with Crippen LogP contribution in [0.1, 0.15) is 46.2 Å². The molecule has 26 heavy (non-hydrogen) atoms. The molecule has 0 atom stereocenters. The van der Waals surface area contributed by atoms with Crippen molar-refractivity contribution in [3.05, 3.63) is 59.3 Å².